The Kier molecular flexibility index (Phi) is 4.71. The first-order valence-electron chi connectivity index (χ1n) is 5.99. The molecule has 5 nitrogen and oxygen atoms in total. The Hall–Kier alpha value is -0.433. The van der Waals surface area contributed by atoms with Gasteiger partial charge in [-0.25, -0.2) is 0 Å². The number of nitrogens with one attached hydrogen (secondary N) is 1. The van der Waals surface area contributed by atoms with Gasteiger partial charge in [0.1, 0.15) is 6.10 Å². The molecule has 0 aliphatic carbocycles. The van der Waals surface area contributed by atoms with Crippen molar-refractivity contribution in [3.05, 3.63) is 0 Å². The standard InChI is InChI=1S/C11H23NO4Si/c1-11(2)8-15-17(3,4)16-9(11)10(14)12-6-5-7-13/h9,13H,5-8H2,1-4H3,(H,12,14). The predicted molar refractivity (Wildman–Crippen MR) is 66.8 cm³/mol. The van der Waals surface area contributed by atoms with Crippen LogP contribution in [0.4, 0.5) is 0 Å². The summed E-state index contributed by atoms with van der Waals surface area (Å²) in [6, 6.07) is 0. The van der Waals surface area contributed by atoms with E-state index >= 15 is 0 Å². The normalized spacial score (nSPS) is 26.5. The lowest BCUT2D eigenvalue weighted by molar-refractivity contribution is -0.141. The van der Waals surface area contributed by atoms with Crippen LogP contribution in [0.3, 0.4) is 0 Å². The zero-order valence-electron chi connectivity index (χ0n) is 11.1. The molecule has 0 saturated carbocycles. The van der Waals surface area contributed by atoms with Crippen LogP contribution in [-0.4, -0.2) is 45.4 Å². The number of carbonyl (C=O) groups excluding carboxylic acids is 1. The average molecular weight is 261 g/mol. The number of aliphatic hydroxyl groups excluding tert-OH is 1. The van der Waals surface area contributed by atoms with Crippen molar-refractivity contribution in [2.24, 2.45) is 5.41 Å². The first kappa shape index (κ1) is 14.6. The number of hydrogen-bond acceptors (Lipinski definition) is 4. The van der Waals surface area contributed by atoms with E-state index in [0.29, 0.717) is 19.6 Å². The van der Waals surface area contributed by atoms with Gasteiger partial charge in [0.15, 0.2) is 0 Å². The number of amides is 1. The summed E-state index contributed by atoms with van der Waals surface area (Å²) < 4.78 is 11.5. The minimum atomic E-state index is -2.16. The van der Waals surface area contributed by atoms with Crippen molar-refractivity contribution in [3.63, 3.8) is 0 Å². The van der Waals surface area contributed by atoms with E-state index in [1.54, 1.807) is 0 Å². The van der Waals surface area contributed by atoms with Gasteiger partial charge in [-0.2, -0.15) is 0 Å². The molecule has 1 heterocycles. The van der Waals surface area contributed by atoms with Gasteiger partial charge < -0.3 is 19.3 Å². The Bertz CT molecular complexity index is 281. The second-order valence-electron chi connectivity index (χ2n) is 5.54. The largest absolute Gasteiger partial charge is 0.396 e. The summed E-state index contributed by atoms with van der Waals surface area (Å²) >= 11 is 0. The van der Waals surface area contributed by atoms with Gasteiger partial charge in [0.25, 0.3) is 0 Å². The van der Waals surface area contributed by atoms with E-state index in [0.717, 1.165) is 0 Å². The molecule has 0 bridgehead atoms. The molecular weight excluding hydrogens is 238 g/mol. The molecule has 1 amide bonds. The van der Waals surface area contributed by atoms with Gasteiger partial charge >= 0.3 is 8.56 Å². The molecule has 1 atom stereocenters. The molecule has 1 rings (SSSR count). The third-order valence-electron chi connectivity index (χ3n) is 2.78. The first-order valence-corrected chi connectivity index (χ1v) is 8.80. The molecule has 1 aliphatic rings. The van der Waals surface area contributed by atoms with Crippen molar-refractivity contribution in [2.75, 3.05) is 19.8 Å². The van der Waals surface area contributed by atoms with Gasteiger partial charge in [-0.3, -0.25) is 4.79 Å². The highest BCUT2D eigenvalue weighted by molar-refractivity contribution is 6.64. The molecule has 0 radical (unpaired) electrons. The molecule has 1 fully saturated rings. The molecular formula is C11H23NO4Si. The summed E-state index contributed by atoms with van der Waals surface area (Å²) in [6.45, 7) is 8.92. The van der Waals surface area contributed by atoms with Crippen LogP contribution in [0.1, 0.15) is 20.3 Å². The van der Waals surface area contributed by atoms with Crippen LogP contribution in [-0.2, 0) is 13.6 Å². The zero-order valence-corrected chi connectivity index (χ0v) is 12.1. The Morgan fingerprint density at radius 1 is 1.53 bits per heavy atom. The Morgan fingerprint density at radius 3 is 2.76 bits per heavy atom. The molecule has 0 spiro atoms. The van der Waals surface area contributed by atoms with Crippen molar-refractivity contribution in [1.29, 1.82) is 0 Å². The van der Waals surface area contributed by atoms with Crippen LogP contribution in [0.15, 0.2) is 0 Å². The molecule has 6 heteroatoms. The molecule has 1 aliphatic heterocycles. The second-order valence-corrected chi connectivity index (χ2v) is 8.87. The number of rotatable bonds is 4. The SMILES string of the molecule is CC1(C)CO[Si](C)(C)OC1C(=O)NCCCO. The molecule has 2 N–H and O–H groups in total. The van der Waals surface area contributed by atoms with Gasteiger partial charge in [-0.05, 0) is 19.5 Å². The molecule has 100 valence electrons. The summed E-state index contributed by atoms with van der Waals surface area (Å²) in [5, 5.41) is 11.5. The highest BCUT2D eigenvalue weighted by Crippen LogP contribution is 2.33. The first-order chi connectivity index (χ1) is 7.78. The van der Waals surface area contributed by atoms with Gasteiger partial charge in [0.05, 0.1) is 0 Å². The molecule has 0 aromatic heterocycles. The van der Waals surface area contributed by atoms with Crippen LogP contribution in [0.25, 0.3) is 0 Å². The maximum absolute atomic E-state index is 12.0. The maximum Gasteiger partial charge on any atom is 0.332 e. The lowest BCUT2D eigenvalue weighted by Gasteiger charge is -2.43. The van der Waals surface area contributed by atoms with E-state index in [4.69, 9.17) is 14.0 Å². The van der Waals surface area contributed by atoms with Crippen molar-refractivity contribution >= 4 is 14.5 Å². The Balaban J connectivity index is 2.61. The highest BCUT2D eigenvalue weighted by Gasteiger charge is 2.46. The fourth-order valence-electron chi connectivity index (χ4n) is 1.70. The number of hydrogen-bond donors (Lipinski definition) is 2. The fourth-order valence-corrected chi connectivity index (χ4v) is 3.49. The summed E-state index contributed by atoms with van der Waals surface area (Å²) in [6.07, 6.45) is 0.104. The van der Waals surface area contributed by atoms with E-state index < -0.39 is 14.7 Å². The molecule has 1 unspecified atom stereocenters. The summed E-state index contributed by atoms with van der Waals surface area (Å²) in [4.78, 5) is 12.0. The second kappa shape index (κ2) is 5.47. The van der Waals surface area contributed by atoms with Gasteiger partial charge in [-0.15, -0.1) is 0 Å². The lowest BCUT2D eigenvalue weighted by atomic mass is 9.87. The topological polar surface area (TPSA) is 67.8 Å². The number of aliphatic hydroxyl groups is 1. The van der Waals surface area contributed by atoms with Crippen molar-refractivity contribution in [3.8, 4) is 0 Å². The van der Waals surface area contributed by atoms with E-state index in [9.17, 15) is 4.79 Å². The van der Waals surface area contributed by atoms with Crippen LogP contribution >= 0.6 is 0 Å². The van der Waals surface area contributed by atoms with Gasteiger partial charge in [0.2, 0.25) is 5.91 Å². The van der Waals surface area contributed by atoms with Crippen LogP contribution in [0.2, 0.25) is 13.1 Å². The summed E-state index contributed by atoms with van der Waals surface area (Å²) in [7, 11) is -2.16. The monoisotopic (exact) mass is 261 g/mol. The van der Waals surface area contributed by atoms with Crippen molar-refractivity contribution in [1.82, 2.24) is 5.32 Å². The minimum absolute atomic E-state index is 0.0819. The Morgan fingerprint density at radius 2 is 2.18 bits per heavy atom. The van der Waals surface area contributed by atoms with E-state index in [1.165, 1.54) is 0 Å². The van der Waals surface area contributed by atoms with Crippen LogP contribution < -0.4 is 5.32 Å². The molecule has 1 saturated heterocycles. The average Bonchev–Trinajstić information content (AvgIpc) is 2.22. The lowest BCUT2D eigenvalue weighted by Crippen LogP contribution is -2.58. The van der Waals surface area contributed by atoms with Crippen molar-refractivity contribution < 1.29 is 18.8 Å². The molecule has 0 aromatic carbocycles. The predicted octanol–water partition coefficient (Wildman–Crippen LogP) is 0.628. The highest BCUT2D eigenvalue weighted by atomic mass is 28.4. The fraction of sp³-hybridized carbons (Fsp3) is 0.909. The third-order valence-corrected chi connectivity index (χ3v) is 4.42. The van der Waals surface area contributed by atoms with E-state index in [-0.39, 0.29) is 17.9 Å². The van der Waals surface area contributed by atoms with Crippen LogP contribution in [0, 0.1) is 5.41 Å². The zero-order chi connectivity index (χ0) is 13.1. The molecule has 17 heavy (non-hydrogen) atoms. The van der Waals surface area contributed by atoms with E-state index in [2.05, 4.69) is 5.32 Å². The smallest absolute Gasteiger partial charge is 0.332 e. The molecule has 0 aromatic rings. The Labute approximate surface area is 104 Å². The number of carbonyl (C=O) groups is 1. The summed E-state index contributed by atoms with van der Waals surface area (Å²) in [5.74, 6) is -0.104. The maximum atomic E-state index is 12.0. The summed E-state index contributed by atoms with van der Waals surface area (Å²) in [5.41, 5.74) is -0.314. The van der Waals surface area contributed by atoms with E-state index in [1.807, 2.05) is 26.9 Å². The van der Waals surface area contributed by atoms with Crippen molar-refractivity contribution in [2.45, 2.75) is 39.5 Å². The quantitative estimate of drug-likeness (QED) is 0.575. The van der Waals surface area contributed by atoms with Gasteiger partial charge in [0, 0.05) is 25.2 Å². The third kappa shape index (κ3) is 4.06. The van der Waals surface area contributed by atoms with Crippen LogP contribution in [0.5, 0.6) is 0 Å². The van der Waals surface area contributed by atoms with Gasteiger partial charge in [-0.1, -0.05) is 13.8 Å². The minimum Gasteiger partial charge on any atom is -0.396 e.